The van der Waals surface area contributed by atoms with Crippen molar-refractivity contribution in [1.29, 1.82) is 0 Å². The van der Waals surface area contributed by atoms with Gasteiger partial charge in [0, 0.05) is 18.5 Å². The highest BCUT2D eigenvalue weighted by Gasteiger charge is 2.24. The quantitative estimate of drug-likeness (QED) is 0.788. The zero-order valence-electron chi connectivity index (χ0n) is 9.36. The Kier molecular flexibility index (Phi) is 2.29. The van der Waals surface area contributed by atoms with E-state index in [1.807, 2.05) is 13.0 Å². The van der Waals surface area contributed by atoms with Crippen LogP contribution in [-0.4, -0.2) is 6.54 Å². The van der Waals surface area contributed by atoms with Gasteiger partial charge in [0.05, 0.1) is 6.04 Å². The van der Waals surface area contributed by atoms with Crippen LogP contribution < -0.4 is 5.32 Å². The van der Waals surface area contributed by atoms with Crippen LogP contribution >= 0.6 is 0 Å². The minimum Gasteiger partial charge on any atom is -0.466 e. The van der Waals surface area contributed by atoms with Crippen molar-refractivity contribution in [1.82, 2.24) is 5.32 Å². The summed E-state index contributed by atoms with van der Waals surface area (Å²) in [5, 5.41) is 3.54. The fourth-order valence-electron chi connectivity index (χ4n) is 2.40. The Morgan fingerprint density at radius 2 is 2.06 bits per heavy atom. The first kappa shape index (κ1) is 9.67. The zero-order chi connectivity index (χ0) is 11.0. The molecule has 82 valence electrons. The molecule has 2 heterocycles. The molecule has 1 aliphatic rings. The second-order valence-corrected chi connectivity index (χ2v) is 4.28. The van der Waals surface area contributed by atoms with E-state index in [1.54, 1.807) is 0 Å². The number of nitrogens with one attached hydrogen (secondary N) is 1. The average Bonchev–Trinajstić information content (AvgIpc) is 2.70. The molecule has 0 saturated carbocycles. The summed E-state index contributed by atoms with van der Waals surface area (Å²) >= 11 is 0. The van der Waals surface area contributed by atoms with Gasteiger partial charge in [-0.05, 0) is 18.6 Å². The lowest BCUT2D eigenvalue weighted by molar-refractivity contribution is 0.441. The number of aryl methyl sites for hydroxylation is 1. The third-order valence-electron chi connectivity index (χ3n) is 3.11. The van der Waals surface area contributed by atoms with Gasteiger partial charge in [0.2, 0.25) is 0 Å². The van der Waals surface area contributed by atoms with Crippen molar-refractivity contribution in [3.63, 3.8) is 0 Å². The number of rotatable bonds is 1. The first-order chi connectivity index (χ1) is 7.84. The van der Waals surface area contributed by atoms with Crippen LogP contribution in [0, 0.1) is 6.92 Å². The van der Waals surface area contributed by atoms with Crippen molar-refractivity contribution in [3.05, 3.63) is 59.0 Å². The van der Waals surface area contributed by atoms with E-state index in [-0.39, 0.29) is 0 Å². The molecule has 1 aliphatic heterocycles. The SMILES string of the molecule is Cc1cc2c(o1)CCNC2c1ccccc1. The molecule has 1 aromatic carbocycles. The monoisotopic (exact) mass is 213 g/mol. The van der Waals surface area contributed by atoms with Crippen LogP contribution in [0.1, 0.15) is 28.7 Å². The van der Waals surface area contributed by atoms with Crippen LogP contribution in [0.25, 0.3) is 0 Å². The van der Waals surface area contributed by atoms with Gasteiger partial charge in [-0.1, -0.05) is 30.3 Å². The maximum absolute atomic E-state index is 5.72. The Labute approximate surface area is 95.3 Å². The second-order valence-electron chi connectivity index (χ2n) is 4.28. The summed E-state index contributed by atoms with van der Waals surface area (Å²) in [6.45, 7) is 3.00. The number of fused-ring (bicyclic) bond motifs is 1. The second kappa shape index (κ2) is 3.80. The largest absolute Gasteiger partial charge is 0.466 e. The Morgan fingerprint density at radius 3 is 2.88 bits per heavy atom. The predicted molar refractivity (Wildman–Crippen MR) is 63.4 cm³/mol. The molecule has 1 atom stereocenters. The molecule has 0 amide bonds. The summed E-state index contributed by atoms with van der Waals surface area (Å²) in [7, 11) is 0. The summed E-state index contributed by atoms with van der Waals surface area (Å²) in [5.41, 5.74) is 2.61. The summed E-state index contributed by atoms with van der Waals surface area (Å²) in [6, 6.07) is 13.0. The highest BCUT2D eigenvalue weighted by molar-refractivity contribution is 5.36. The van der Waals surface area contributed by atoms with Gasteiger partial charge in [-0.3, -0.25) is 0 Å². The highest BCUT2D eigenvalue weighted by Crippen LogP contribution is 2.30. The van der Waals surface area contributed by atoms with E-state index in [0.717, 1.165) is 24.5 Å². The van der Waals surface area contributed by atoms with E-state index in [0.29, 0.717) is 6.04 Å². The van der Waals surface area contributed by atoms with Gasteiger partial charge in [0.25, 0.3) is 0 Å². The van der Waals surface area contributed by atoms with Crippen LogP contribution in [0.2, 0.25) is 0 Å². The van der Waals surface area contributed by atoms with Gasteiger partial charge < -0.3 is 9.73 Å². The van der Waals surface area contributed by atoms with Crippen LogP contribution in [0.5, 0.6) is 0 Å². The molecule has 2 heteroatoms. The van der Waals surface area contributed by atoms with E-state index in [4.69, 9.17) is 4.42 Å². The molecule has 0 spiro atoms. The molecule has 2 nitrogen and oxygen atoms in total. The third kappa shape index (κ3) is 1.55. The molecule has 16 heavy (non-hydrogen) atoms. The summed E-state index contributed by atoms with van der Waals surface area (Å²) in [6.07, 6.45) is 0.993. The number of hydrogen-bond acceptors (Lipinski definition) is 2. The minimum absolute atomic E-state index is 0.294. The third-order valence-corrected chi connectivity index (χ3v) is 3.11. The van der Waals surface area contributed by atoms with E-state index in [9.17, 15) is 0 Å². The van der Waals surface area contributed by atoms with E-state index >= 15 is 0 Å². The lowest BCUT2D eigenvalue weighted by Crippen LogP contribution is -2.29. The Balaban J connectivity index is 2.05. The lowest BCUT2D eigenvalue weighted by Gasteiger charge is -2.23. The van der Waals surface area contributed by atoms with Crippen LogP contribution in [0.15, 0.2) is 40.8 Å². The van der Waals surface area contributed by atoms with Crippen molar-refractivity contribution in [2.45, 2.75) is 19.4 Å². The molecule has 1 unspecified atom stereocenters. The first-order valence-electron chi connectivity index (χ1n) is 5.72. The number of hydrogen-bond donors (Lipinski definition) is 1. The molecule has 0 bridgehead atoms. The first-order valence-corrected chi connectivity index (χ1v) is 5.72. The Bertz CT molecular complexity index is 487. The molecule has 0 saturated heterocycles. The Hall–Kier alpha value is -1.54. The van der Waals surface area contributed by atoms with Crippen molar-refractivity contribution in [3.8, 4) is 0 Å². The van der Waals surface area contributed by atoms with Crippen molar-refractivity contribution >= 4 is 0 Å². The average molecular weight is 213 g/mol. The van der Waals surface area contributed by atoms with Crippen LogP contribution in [0.3, 0.4) is 0 Å². The fraction of sp³-hybridized carbons (Fsp3) is 0.286. The van der Waals surface area contributed by atoms with Gasteiger partial charge in [-0.2, -0.15) is 0 Å². The van der Waals surface area contributed by atoms with E-state index in [2.05, 4.69) is 35.6 Å². The molecule has 0 fully saturated rings. The molecule has 3 rings (SSSR count). The van der Waals surface area contributed by atoms with Gasteiger partial charge in [-0.15, -0.1) is 0 Å². The molecule has 2 aromatic rings. The topological polar surface area (TPSA) is 25.2 Å². The fourth-order valence-corrected chi connectivity index (χ4v) is 2.40. The molecular weight excluding hydrogens is 198 g/mol. The van der Waals surface area contributed by atoms with Crippen molar-refractivity contribution < 1.29 is 4.42 Å². The summed E-state index contributed by atoms with van der Waals surface area (Å²) in [4.78, 5) is 0. The molecule has 0 radical (unpaired) electrons. The highest BCUT2D eigenvalue weighted by atomic mass is 16.3. The lowest BCUT2D eigenvalue weighted by atomic mass is 9.95. The van der Waals surface area contributed by atoms with Crippen LogP contribution in [0.4, 0.5) is 0 Å². The standard InChI is InChI=1S/C14H15NO/c1-10-9-12-13(16-10)7-8-15-14(12)11-5-3-2-4-6-11/h2-6,9,14-15H,7-8H2,1H3. The predicted octanol–water partition coefficient (Wildman–Crippen LogP) is 2.82. The normalized spacial score (nSPS) is 19.4. The van der Waals surface area contributed by atoms with Crippen LogP contribution in [-0.2, 0) is 6.42 Å². The van der Waals surface area contributed by atoms with E-state index in [1.165, 1.54) is 11.1 Å². The van der Waals surface area contributed by atoms with Gasteiger partial charge in [-0.25, -0.2) is 0 Å². The maximum Gasteiger partial charge on any atom is 0.110 e. The molecule has 1 aromatic heterocycles. The Morgan fingerprint density at radius 1 is 1.25 bits per heavy atom. The molecular formula is C14H15NO. The minimum atomic E-state index is 0.294. The smallest absolute Gasteiger partial charge is 0.110 e. The maximum atomic E-state index is 5.72. The summed E-state index contributed by atoms with van der Waals surface area (Å²) < 4.78 is 5.72. The number of furan rings is 1. The summed E-state index contributed by atoms with van der Waals surface area (Å²) in [5.74, 6) is 2.15. The van der Waals surface area contributed by atoms with Crippen molar-refractivity contribution in [2.24, 2.45) is 0 Å². The van der Waals surface area contributed by atoms with Gasteiger partial charge in [0.1, 0.15) is 11.5 Å². The zero-order valence-corrected chi connectivity index (χ0v) is 9.36. The van der Waals surface area contributed by atoms with E-state index < -0.39 is 0 Å². The van der Waals surface area contributed by atoms with Gasteiger partial charge >= 0.3 is 0 Å². The van der Waals surface area contributed by atoms with Gasteiger partial charge in [0.15, 0.2) is 0 Å². The molecule has 0 aliphatic carbocycles. The molecule has 1 N–H and O–H groups in total. The van der Waals surface area contributed by atoms with Crippen molar-refractivity contribution in [2.75, 3.05) is 6.54 Å². The number of benzene rings is 1.